The largest absolute Gasteiger partial charge is 0.381 e. The molecule has 34 heavy (non-hydrogen) atoms. The van der Waals surface area contributed by atoms with Crippen molar-refractivity contribution in [1.29, 1.82) is 0 Å². The Kier molecular flexibility index (Phi) is 6.59. The molecule has 2 aliphatic heterocycles. The topological polar surface area (TPSA) is 90.1 Å². The Balaban J connectivity index is 1.28. The highest BCUT2D eigenvalue weighted by Crippen LogP contribution is 2.42. The third-order valence-corrected chi connectivity index (χ3v) is 7.90. The van der Waals surface area contributed by atoms with E-state index in [0.29, 0.717) is 33.1 Å². The smallest absolute Gasteiger partial charge is 0.158 e. The molecule has 1 atom stereocenters. The molecule has 3 aromatic rings. The molecule has 0 unspecified atom stereocenters. The highest BCUT2D eigenvalue weighted by atomic mass is 35.5. The molecule has 2 fully saturated rings. The van der Waals surface area contributed by atoms with Gasteiger partial charge in [0.1, 0.15) is 16.5 Å². The van der Waals surface area contributed by atoms with Crippen LogP contribution in [0.4, 0.5) is 11.6 Å². The molecule has 0 aliphatic carbocycles. The van der Waals surface area contributed by atoms with Crippen molar-refractivity contribution < 1.29 is 4.74 Å². The lowest BCUT2D eigenvalue weighted by atomic mass is 9.77. The molecule has 0 amide bonds. The molecule has 2 N–H and O–H groups in total. The molecule has 2 aliphatic rings. The second-order valence-electron chi connectivity index (χ2n) is 8.80. The number of nitrogens with zero attached hydrogens (tertiary/aromatic N) is 5. The number of pyridine rings is 2. The van der Waals surface area contributed by atoms with Crippen molar-refractivity contribution in [2.75, 3.05) is 30.3 Å². The van der Waals surface area contributed by atoms with Crippen LogP contribution in [0.3, 0.4) is 0 Å². The quantitative estimate of drug-likeness (QED) is 0.536. The van der Waals surface area contributed by atoms with Gasteiger partial charge in [0.25, 0.3) is 0 Å². The summed E-state index contributed by atoms with van der Waals surface area (Å²) in [6.45, 7) is 4.90. The normalized spacial score (nSPS) is 19.1. The monoisotopic (exact) mass is 492 g/mol. The molecule has 2 saturated heterocycles. The second-order valence-corrected chi connectivity index (χ2v) is 10.2. The molecule has 9 heteroatoms. The third kappa shape index (κ3) is 4.97. The van der Waals surface area contributed by atoms with Gasteiger partial charge in [-0.05, 0) is 55.7 Å². The van der Waals surface area contributed by atoms with E-state index in [2.05, 4.69) is 43.6 Å². The maximum atomic E-state index is 6.59. The average Bonchev–Trinajstić information content (AvgIpc) is 3.21. The number of anilines is 2. The minimum atomic E-state index is 0.320. The van der Waals surface area contributed by atoms with Gasteiger partial charge < -0.3 is 15.4 Å². The van der Waals surface area contributed by atoms with Crippen molar-refractivity contribution in [2.24, 2.45) is 5.41 Å². The number of aromatic nitrogens is 4. The van der Waals surface area contributed by atoms with Gasteiger partial charge in [-0.3, -0.25) is 4.98 Å². The number of nitrogens with two attached hydrogens (primary N) is 1. The lowest BCUT2D eigenvalue weighted by molar-refractivity contribution is 0.0976. The van der Waals surface area contributed by atoms with Crippen LogP contribution >= 0.6 is 23.4 Å². The Hall–Kier alpha value is -2.86. The SMILES string of the molecule is C[C@H]1CC2(CCN(c3cnc(Sc4ccnc(C#Cc5cccnc5)c4Cl)c(N)n3)CC2)CO1. The molecule has 3 aromatic heterocycles. The standard InChI is InChI=1S/C25H25ClN6OS/c1-17-13-25(16-33-17)7-11-32(12-8-25)21-15-30-24(23(27)31-21)34-20-6-10-29-19(22(20)26)5-4-18-3-2-9-28-14-18/h2-3,6,9-10,14-15,17H,7-8,11-13,16H2,1H3,(H2,27,31)/t17-/m0/s1. The van der Waals surface area contributed by atoms with Crippen LogP contribution in [0.5, 0.6) is 0 Å². The van der Waals surface area contributed by atoms with Crippen LogP contribution < -0.4 is 10.6 Å². The first-order chi connectivity index (χ1) is 16.5. The number of hydrogen-bond acceptors (Lipinski definition) is 8. The van der Waals surface area contributed by atoms with Gasteiger partial charge in [0.15, 0.2) is 5.82 Å². The van der Waals surface area contributed by atoms with E-state index in [1.54, 1.807) is 24.8 Å². The van der Waals surface area contributed by atoms with Crippen molar-refractivity contribution in [1.82, 2.24) is 19.9 Å². The van der Waals surface area contributed by atoms with Crippen molar-refractivity contribution in [3.05, 3.63) is 59.3 Å². The zero-order chi connectivity index (χ0) is 23.5. The van der Waals surface area contributed by atoms with Crippen LogP contribution in [0.25, 0.3) is 0 Å². The van der Waals surface area contributed by atoms with Crippen molar-refractivity contribution >= 4 is 35.0 Å². The first kappa shape index (κ1) is 22.9. The Morgan fingerprint density at radius 3 is 2.74 bits per heavy atom. The van der Waals surface area contributed by atoms with Gasteiger partial charge in [0.2, 0.25) is 0 Å². The highest BCUT2D eigenvalue weighted by Gasteiger charge is 2.41. The Morgan fingerprint density at radius 1 is 1.18 bits per heavy atom. The number of piperidine rings is 1. The van der Waals surface area contributed by atoms with E-state index in [4.69, 9.17) is 22.1 Å². The molecule has 0 saturated carbocycles. The van der Waals surface area contributed by atoms with Crippen molar-refractivity contribution in [3.8, 4) is 11.8 Å². The van der Waals surface area contributed by atoms with Crippen molar-refractivity contribution in [3.63, 3.8) is 0 Å². The zero-order valence-electron chi connectivity index (χ0n) is 18.9. The van der Waals surface area contributed by atoms with Gasteiger partial charge >= 0.3 is 0 Å². The fourth-order valence-corrected chi connectivity index (χ4v) is 5.54. The summed E-state index contributed by atoms with van der Waals surface area (Å²) >= 11 is 7.95. The summed E-state index contributed by atoms with van der Waals surface area (Å²) in [5.74, 6) is 7.25. The van der Waals surface area contributed by atoms with E-state index in [-0.39, 0.29) is 0 Å². The van der Waals surface area contributed by atoms with Gasteiger partial charge in [-0.1, -0.05) is 29.3 Å². The molecule has 174 valence electrons. The summed E-state index contributed by atoms with van der Waals surface area (Å²) in [6.07, 6.45) is 10.6. The first-order valence-corrected chi connectivity index (χ1v) is 12.4. The number of halogens is 1. The summed E-state index contributed by atoms with van der Waals surface area (Å²) < 4.78 is 5.84. The minimum Gasteiger partial charge on any atom is -0.381 e. The van der Waals surface area contributed by atoms with E-state index >= 15 is 0 Å². The summed E-state index contributed by atoms with van der Waals surface area (Å²) in [5.41, 5.74) is 7.90. The van der Waals surface area contributed by atoms with Crippen LogP contribution in [0.1, 0.15) is 37.4 Å². The third-order valence-electron chi connectivity index (χ3n) is 6.34. The van der Waals surface area contributed by atoms with Crippen LogP contribution in [-0.4, -0.2) is 45.7 Å². The number of ether oxygens (including phenoxy) is 1. The first-order valence-electron chi connectivity index (χ1n) is 11.2. The molecule has 7 nitrogen and oxygen atoms in total. The van der Waals surface area contributed by atoms with Crippen LogP contribution in [-0.2, 0) is 4.74 Å². The molecule has 5 rings (SSSR count). The van der Waals surface area contributed by atoms with Crippen LogP contribution in [0, 0.1) is 17.3 Å². The molecule has 0 aromatic carbocycles. The summed E-state index contributed by atoms with van der Waals surface area (Å²) in [7, 11) is 0. The molecule has 0 bridgehead atoms. The Morgan fingerprint density at radius 2 is 2.03 bits per heavy atom. The second kappa shape index (κ2) is 9.79. The van der Waals surface area contributed by atoms with Gasteiger partial charge in [0, 0.05) is 42.1 Å². The fourth-order valence-electron chi connectivity index (χ4n) is 4.48. The predicted octanol–water partition coefficient (Wildman–Crippen LogP) is 4.45. The van der Waals surface area contributed by atoms with E-state index in [0.717, 1.165) is 55.2 Å². The Labute approximate surface area is 208 Å². The fraction of sp³-hybridized carbons (Fsp3) is 0.360. The van der Waals surface area contributed by atoms with Crippen molar-refractivity contribution in [2.45, 2.75) is 42.2 Å². The molecular weight excluding hydrogens is 468 g/mol. The maximum Gasteiger partial charge on any atom is 0.158 e. The van der Waals surface area contributed by atoms with E-state index in [1.165, 1.54) is 11.8 Å². The lowest BCUT2D eigenvalue weighted by Gasteiger charge is -2.38. The van der Waals surface area contributed by atoms with Gasteiger partial charge in [0.05, 0.1) is 23.9 Å². The molecule has 5 heterocycles. The van der Waals surface area contributed by atoms with E-state index < -0.39 is 0 Å². The zero-order valence-corrected chi connectivity index (χ0v) is 20.4. The highest BCUT2D eigenvalue weighted by molar-refractivity contribution is 7.99. The molecular formula is C25H25ClN6OS. The van der Waals surface area contributed by atoms with E-state index in [1.807, 2.05) is 18.2 Å². The minimum absolute atomic E-state index is 0.320. The number of rotatable bonds is 3. The average molecular weight is 493 g/mol. The van der Waals surface area contributed by atoms with Crippen LogP contribution in [0.2, 0.25) is 5.02 Å². The molecule has 0 radical (unpaired) electrons. The summed E-state index contributed by atoms with van der Waals surface area (Å²) in [6, 6.07) is 5.54. The summed E-state index contributed by atoms with van der Waals surface area (Å²) in [5, 5.41) is 1.07. The van der Waals surface area contributed by atoms with Gasteiger partial charge in [-0.25, -0.2) is 15.0 Å². The number of hydrogen-bond donors (Lipinski definition) is 1. The predicted molar refractivity (Wildman–Crippen MR) is 134 cm³/mol. The Bertz CT molecular complexity index is 1240. The maximum absolute atomic E-state index is 6.59. The van der Waals surface area contributed by atoms with Gasteiger partial charge in [-0.15, -0.1) is 0 Å². The van der Waals surface area contributed by atoms with Crippen LogP contribution in [0.15, 0.2) is 52.9 Å². The summed E-state index contributed by atoms with van der Waals surface area (Å²) in [4.78, 5) is 20.7. The van der Waals surface area contributed by atoms with E-state index in [9.17, 15) is 0 Å². The number of nitrogen functional groups attached to an aromatic ring is 1. The lowest BCUT2D eigenvalue weighted by Crippen LogP contribution is -2.41. The molecule has 1 spiro atoms. The van der Waals surface area contributed by atoms with Gasteiger partial charge in [-0.2, -0.15) is 0 Å².